The number of allylic oxidation sites excluding steroid dienone is 4. The van der Waals surface area contributed by atoms with Crippen molar-refractivity contribution in [3.63, 3.8) is 0 Å². The molecule has 74 valence electrons. The second kappa shape index (κ2) is 4.91. The van der Waals surface area contributed by atoms with Gasteiger partial charge < -0.3 is 0 Å². The fourth-order valence-corrected chi connectivity index (χ4v) is 2.01. The Labute approximate surface area is 89.5 Å². The summed E-state index contributed by atoms with van der Waals surface area (Å²) in [5.74, 6) is 0.489. The predicted molar refractivity (Wildman–Crippen MR) is 64.6 cm³/mol. The molecule has 1 nitrogen and oxygen atoms in total. The van der Waals surface area contributed by atoms with E-state index in [1.807, 2.05) is 18.3 Å². The van der Waals surface area contributed by atoms with E-state index in [4.69, 9.17) is 0 Å². The van der Waals surface area contributed by atoms with Crippen LogP contribution in [0.2, 0.25) is 0 Å². The van der Waals surface area contributed by atoms with Crippen molar-refractivity contribution in [1.29, 1.82) is 0 Å². The number of rotatable bonds is 4. The fourth-order valence-electron chi connectivity index (χ4n) is 1.07. The maximum Gasteiger partial charge on any atom is 0.0956 e. The van der Waals surface area contributed by atoms with E-state index in [-0.39, 0.29) is 0 Å². The second-order valence-electron chi connectivity index (χ2n) is 3.28. The molecule has 0 amide bonds. The summed E-state index contributed by atoms with van der Waals surface area (Å²) < 4.78 is 0. The zero-order chi connectivity index (χ0) is 10.6. The van der Waals surface area contributed by atoms with Crippen LogP contribution in [0.15, 0.2) is 37.6 Å². The molecule has 0 radical (unpaired) electrons. The van der Waals surface area contributed by atoms with Crippen LogP contribution in [0.25, 0.3) is 5.57 Å². The number of hydrogen-bond donors (Lipinski definition) is 0. The average molecular weight is 205 g/mol. The monoisotopic (exact) mass is 205 g/mol. The average Bonchev–Trinajstić information content (AvgIpc) is 2.63. The molecule has 0 aromatic carbocycles. The lowest BCUT2D eigenvalue weighted by Crippen LogP contribution is -1.81. The molecule has 0 saturated carbocycles. The maximum absolute atomic E-state index is 4.36. The lowest BCUT2D eigenvalue weighted by molar-refractivity contribution is 0.852. The fraction of sp³-hybridized carbons (Fsp3) is 0.250. The second-order valence-corrected chi connectivity index (χ2v) is 4.34. The van der Waals surface area contributed by atoms with Crippen molar-refractivity contribution in [3.05, 3.63) is 47.5 Å². The highest BCUT2D eigenvalue weighted by Gasteiger charge is 2.06. The summed E-state index contributed by atoms with van der Waals surface area (Å²) in [5, 5.41) is 1.16. The minimum atomic E-state index is 0.489. The third-order valence-corrected chi connectivity index (χ3v) is 3.17. The Balaban J connectivity index is 3.00. The molecule has 0 aliphatic rings. The highest BCUT2D eigenvalue weighted by molar-refractivity contribution is 7.12. The van der Waals surface area contributed by atoms with Gasteiger partial charge in [0, 0.05) is 12.1 Å². The van der Waals surface area contributed by atoms with Gasteiger partial charge in [-0.3, -0.25) is 0 Å². The van der Waals surface area contributed by atoms with E-state index >= 15 is 0 Å². The molecule has 0 saturated heterocycles. The van der Waals surface area contributed by atoms with Gasteiger partial charge in [0.25, 0.3) is 0 Å². The Morgan fingerprint density at radius 2 is 2.21 bits per heavy atom. The van der Waals surface area contributed by atoms with Gasteiger partial charge in [0.1, 0.15) is 0 Å². The van der Waals surface area contributed by atoms with E-state index in [2.05, 4.69) is 32.0 Å². The quantitative estimate of drug-likeness (QED) is 0.676. The Bertz CT molecular complexity index is 358. The largest absolute Gasteiger partial charge is 0.249 e. The Kier molecular flexibility index (Phi) is 3.84. The van der Waals surface area contributed by atoms with Crippen LogP contribution in [-0.4, -0.2) is 4.98 Å². The van der Waals surface area contributed by atoms with Crippen molar-refractivity contribution < 1.29 is 0 Å². The maximum atomic E-state index is 4.36. The molecule has 1 heterocycles. The molecule has 2 heteroatoms. The van der Waals surface area contributed by atoms with Crippen molar-refractivity contribution in [2.75, 3.05) is 0 Å². The first-order valence-electron chi connectivity index (χ1n) is 4.60. The van der Waals surface area contributed by atoms with Gasteiger partial charge in [-0.2, -0.15) is 0 Å². The predicted octanol–water partition coefficient (Wildman–Crippen LogP) is 4.02. The summed E-state index contributed by atoms with van der Waals surface area (Å²) in [7, 11) is 0. The van der Waals surface area contributed by atoms with Crippen molar-refractivity contribution in [1.82, 2.24) is 4.98 Å². The minimum absolute atomic E-state index is 0.489. The molecule has 14 heavy (non-hydrogen) atoms. The van der Waals surface area contributed by atoms with Crippen LogP contribution in [-0.2, 0) is 0 Å². The Morgan fingerprint density at radius 1 is 1.50 bits per heavy atom. The van der Waals surface area contributed by atoms with Gasteiger partial charge in [-0.1, -0.05) is 45.2 Å². The van der Waals surface area contributed by atoms with Gasteiger partial charge in [0.05, 0.1) is 9.88 Å². The molecule has 0 aliphatic carbocycles. The van der Waals surface area contributed by atoms with Crippen LogP contribution in [0, 0.1) is 0 Å². The van der Waals surface area contributed by atoms with Crippen molar-refractivity contribution >= 4 is 16.9 Å². The molecule has 0 fully saturated rings. The first-order valence-corrected chi connectivity index (χ1v) is 5.42. The van der Waals surface area contributed by atoms with Gasteiger partial charge >= 0.3 is 0 Å². The molecule has 1 aromatic heterocycles. The topological polar surface area (TPSA) is 12.9 Å². The third kappa shape index (κ3) is 2.42. The lowest BCUT2D eigenvalue weighted by Gasteiger charge is -1.96. The molecule has 1 rings (SSSR count). The first kappa shape index (κ1) is 10.9. The molecule has 0 bridgehead atoms. The van der Waals surface area contributed by atoms with E-state index in [1.165, 1.54) is 0 Å². The first-order chi connectivity index (χ1) is 6.69. The third-order valence-electron chi connectivity index (χ3n) is 1.82. The molecule has 1 aromatic rings. The van der Waals surface area contributed by atoms with Gasteiger partial charge in [-0.25, -0.2) is 4.98 Å². The standard InChI is InChI=1S/C12H15NS/c1-5-7-10(6-2)11-8-13-12(14-11)9(3)4/h5-9H,1-2H2,3-4H3/b10-7+. The van der Waals surface area contributed by atoms with E-state index in [0.29, 0.717) is 5.92 Å². The number of hydrogen-bond acceptors (Lipinski definition) is 2. The molecule has 0 spiro atoms. The summed E-state index contributed by atoms with van der Waals surface area (Å²) in [5.41, 5.74) is 1.09. The zero-order valence-electron chi connectivity index (χ0n) is 8.66. The van der Waals surface area contributed by atoms with E-state index in [0.717, 1.165) is 15.5 Å². The molecular weight excluding hydrogens is 190 g/mol. The van der Waals surface area contributed by atoms with Crippen LogP contribution in [0.3, 0.4) is 0 Å². The van der Waals surface area contributed by atoms with Crippen molar-refractivity contribution in [2.24, 2.45) is 0 Å². The van der Waals surface area contributed by atoms with Crippen molar-refractivity contribution in [3.8, 4) is 0 Å². The highest BCUT2D eigenvalue weighted by atomic mass is 32.1. The summed E-state index contributed by atoms with van der Waals surface area (Å²) in [6, 6.07) is 0. The number of aromatic nitrogens is 1. The van der Waals surface area contributed by atoms with Crippen LogP contribution >= 0.6 is 11.3 Å². The van der Waals surface area contributed by atoms with Gasteiger partial charge in [-0.05, 0) is 5.57 Å². The number of nitrogens with zero attached hydrogens (tertiary/aromatic N) is 1. The number of thiazole rings is 1. The van der Waals surface area contributed by atoms with Crippen LogP contribution in [0.1, 0.15) is 29.7 Å². The molecule has 0 atom stereocenters. The van der Waals surface area contributed by atoms with E-state index in [1.54, 1.807) is 17.4 Å². The SMILES string of the molecule is C=C/C=C(\C=C)c1cnc(C(C)C)s1. The Hall–Kier alpha value is -1.15. The smallest absolute Gasteiger partial charge is 0.0956 e. The van der Waals surface area contributed by atoms with E-state index < -0.39 is 0 Å². The van der Waals surface area contributed by atoms with Crippen LogP contribution in [0.4, 0.5) is 0 Å². The summed E-state index contributed by atoms with van der Waals surface area (Å²) in [4.78, 5) is 5.52. The van der Waals surface area contributed by atoms with Crippen LogP contribution in [0.5, 0.6) is 0 Å². The normalized spacial score (nSPS) is 11.8. The van der Waals surface area contributed by atoms with Gasteiger partial charge in [0.2, 0.25) is 0 Å². The molecule has 0 unspecified atom stereocenters. The highest BCUT2D eigenvalue weighted by Crippen LogP contribution is 2.26. The minimum Gasteiger partial charge on any atom is -0.249 e. The van der Waals surface area contributed by atoms with Gasteiger partial charge in [0.15, 0.2) is 0 Å². The molecule has 0 N–H and O–H groups in total. The summed E-state index contributed by atoms with van der Waals surface area (Å²) >= 11 is 1.72. The van der Waals surface area contributed by atoms with E-state index in [9.17, 15) is 0 Å². The Morgan fingerprint density at radius 3 is 2.64 bits per heavy atom. The van der Waals surface area contributed by atoms with Gasteiger partial charge in [-0.15, -0.1) is 11.3 Å². The summed E-state index contributed by atoms with van der Waals surface area (Å²) in [6.45, 7) is 11.7. The zero-order valence-corrected chi connectivity index (χ0v) is 9.47. The summed E-state index contributed by atoms with van der Waals surface area (Å²) in [6.07, 6.45) is 7.45. The van der Waals surface area contributed by atoms with Crippen LogP contribution < -0.4 is 0 Å². The molecule has 0 aliphatic heterocycles. The molecular formula is C12H15NS. The van der Waals surface area contributed by atoms with Crippen molar-refractivity contribution in [2.45, 2.75) is 19.8 Å². The lowest BCUT2D eigenvalue weighted by atomic mass is 10.2.